The van der Waals surface area contributed by atoms with Gasteiger partial charge in [0.1, 0.15) is 0 Å². The first-order chi connectivity index (χ1) is 11.7. The molecule has 2 aliphatic carbocycles. The van der Waals surface area contributed by atoms with Crippen molar-refractivity contribution in [1.82, 2.24) is 0 Å². The summed E-state index contributed by atoms with van der Waals surface area (Å²) in [5, 5.41) is 9.82. The van der Waals surface area contributed by atoms with Crippen molar-refractivity contribution in [2.24, 2.45) is 23.2 Å². The van der Waals surface area contributed by atoms with E-state index >= 15 is 0 Å². The van der Waals surface area contributed by atoms with Gasteiger partial charge in [-0.25, -0.2) is 0 Å². The van der Waals surface area contributed by atoms with Crippen LogP contribution >= 0.6 is 0 Å². The second-order valence-electron chi connectivity index (χ2n) is 8.66. The third-order valence-electron chi connectivity index (χ3n) is 6.78. The maximum atomic E-state index is 9.82. The minimum Gasteiger partial charge on any atom is -0.198 e. The minimum absolute atomic E-state index is 0.00929. The summed E-state index contributed by atoms with van der Waals surface area (Å²) in [4.78, 5) is 0. The molecule has 0 saturated heterocycles. The highest BCUT2D eigenvalue weighted by molar-refractivity contribution is 5.04. The van der Waals surface area contributed by atoms with Crippen molar-refractivity contribution in [3.63, 3.8) is 0 Å². The summed E-state index contributed by atoms with van der Waals surface area (Å²) in [7, 11) is 0. The van der Waals surface area contributed by atoms with E-state index in [1.54, 1.807) is 0 Å². The highest BCUT2D eigenvalue weighted by Crippen LogP contribution is 2.44. The van der Waals surface area contributed by atoms with Crippen LogP contribution in [0.15, 0.2) is 12.2 Å². The van der Waals surface area contributed by atoms with Gasteiger partial charge in [0.2, 0.25) is 0 Å². The zero-order valence-electron chi connectivity index (χ0n) is 16.2. The molecule has 0 unspecified atom stereocenters. The Bertz CT molecular complexity index is 400. The van der Waals surface area contributed by atoms with E-state index in [-0.39, 0.29) is 5.41 Å². The molecule has 0 spiro atoms. The van der Waals surface area contributed by atoms with Crippen LogP contribution in [0.25, 0.3) is 0 Å². The first-order valence-corrected chi connectivity index (χ1v) is 10.8. The zero-order chi connectivity index (χ0) is 17.3. The Hall–Kier alpha value is -0.770. The van der Waals surface area contributed by atoms with Crippen LogP contribution in [0.1, 0.15) is 104 Å². The van der Waals surface area contributed by atoms with Crippen molar-refractivity contribution in [2.75, 3.05) is 0 Å². The molecular weight excluding hydrogens is 290 g/mol. The number of allylic oxidation sites excluding steroid dienone is 2. The smallest absolute Gasteiger partial charge is 0.0689 e. The molecule has 0 heterocycles. The molecule has 2 fully saturated rings. The first-order valence-electron chi connectivity index (χ1n) is 10.8. The number of unbranched alkanes of at least 4 members (excludes halogenated alkanes) is 1. The van der Waals surface area contributed by atoms with Crippen LogP contribution in [0.4, 0.5) is 0 Å². The Morgan fingerprint density at radius 2 is 1.54 bits per heavy atom. The Morgan fingerprint density at radius 3 is 2.08 bits per heavy atom. The third-order valence-corrected chi connectivity index (χ3v) is 6.78. The van der Waals surface area contributed by atoms with Crippen molar-refractivity contribution in [1.29, 1.82) is 5.26 Å². The fourth-order valence-corrected chi connectivity index (χ4v) is 4.96. The molecule has 0 aromatic rings. The number of hydrogen-bond donors (Lipinski definition) is 0. The number of nitriles is 1. The van der Waals surface area contributed by atoms with Gasteiger partial charge in [-0.05, 0) is 62.7 Å². The lowest BCUT2D eigenvalue weighted by atomic mass is 9.67. The van der Waals surface area contributed by atoms with Crippen LogP contribution < -0.4 is 0 Å². The largest absolute Gasteiger partial charge is 0.198 e. The van der Waals surface area contributed by atoms with Gasteiger partial charge in [0.05, 0.1) is 11.5 Å². The fraction of sp³-hybridized carbons (Fsp3) is 0.870. The van der Waals surface area contributed by atoms with E-state index < -0.39 is 0 Å². The Kier molecular flexibility index (Phi) is 8.37. The van der Waals surface area contributed by atoms with Gasteiger partial charge in [0.25, 0.3) is 0 Å². The van der Waals surface area contributed by atoms with Crippen LogP contribution in [-0.2, 0) is 0 Å². The van der Waals surface area contributed by atoms with Gasteiger partial charge in [-0.3, -0.25) is 0 Å². The van der Waals surface area contributed by atoms with E-state index in [2.05, 4.69) is 32.1 Å². The average Bonchev–Trinajstić information content (AvgIpc) is 2.63. The van der Waals surface area contributed by atoms with E-state index in [1.165, 1.54) is 70.6 Å². The standard InChI is InChI=1S/C23H39N/c1-3-5-6-8-21-13-16-23(19-24,17-14-21)18-15-22-11-9-20(7-4-2)10-12-22/h6,8,20-22H,3-5,7,9-18H2,1-2H3/b8-6+/t20-,21-,22-,23-. The van der Waals surface area contributed by atoms with Gasteiger partial charge >= 0.3 is 0 Å². The maximum Gasteiger partial charge on any atom is 0.0689 e. The summed E-state index contributed by atoms with van der Waals surface area (Å²) in [6.45, 7) is 4.55. The fourth-order valence-electron chi connectivity index (χ4n) is 4.96. The number of nitrogens with zero attached hydrogens (tertiary/aromatic N) is 1. The molecule has 0 bridgehead atoms. The summed E-state index contributed by atoms with van der Waals surface area (Å²) in [5.41, 5.74) is 0.00929. The quantitative estimate of drug-likeness (QED) is 0.425. The predicted octanol–water partition coefficient (Wildman–Crippen LogP) is 7.43. The highest BCUT2D eigenvalue weighted by Gasteiger charge is 2.35. The van der Waals surface area contributed by atoms with E-state index in [4.69, 9.17) is 0 Å². The van der Waals surface area contributed by atoms with Crippen LogP contribution in [0.5, 0.6) is 0 Å². The molecule has 1 nitrogen and oxygen atoms in total. The van der Waals surface area contributed by atoms with Gasteiger partial charge in [0.15, 0.2) is 0 Å². The summed E-state index contributed by atoms with van der Waals surface area (Å²) < 4.78 is 0. The molecule has 0 radical (unpaired) electrons. The highest BCUT2D eigenvalue weighted by atomic mass is 14.4. The van der Waals surface area contributed by atoms with Crippen LogP contribution in [0.3, 0.4) is 0 Å². The average molecular weight is 330 g/mol. The molecule has 0 aromatic heterocycles. The SMILES string of the molecule is CCC/C=C/[C@H]1CC[C@@](C#N)(CC[C@H]2CC[C@H](CCC)CC2)CC1. The molecule has 2 rings (SSSR count). The van der Waals surface area contributed by atoms with E-state index in [1.807, 2.05) is 0 Å². The van der Waals surface area contributed by atoms with Crippen LogP contribution in [0, 0.1) is 34.5 Å². The van der Waals surface area contributed by atoms with Crippen LogP contribution in [-0.4, -0.2) is 0 Å². The van der Waals surface area contributed by atoms with Gasteiger partial charge in [0, 0.05) is 0 Å². The van der Waals surface area contributed by atoms with E-state index in [0.717, 1.165) is 37.0 Å². The molecule has 136 valence electrons. The maximum absolute atomic E-state index is 9.82. The lowest BCUT2D eigenvalue weighted by molar-refractivity contribution is 0.180. The van der Waals surface area contributed by atoms with E-state index in [0.29, 0.717) is 0 Å². The second-order valence-corrected chi connectivity index (χ2v) is 8.66. The molecule has 0 aliphatic heterocycles. The summed E-state index contributed by atoms with van der Waals surface area (Å²) in [6, 6.07) is 2.75. The summed E-state index contributed by atoms with van der Waals surface area (Å²) in [6.07, 6.45) is 23.0. The van der Waals surface area contributed by atoms with Gasteiger partial charge < -0.3 is 0 Å². The molecule has 2 aliphatic rings. The zero-order valence-corrected chi connectivity index (χ0v) is 16.2. The van der Waals surface area contributed by atoms with Crippen LogP contribution in [0.2, 0.25) is 0 Å². The van der Waals surface area contributed by atoms with Crippen molar-refractivity contribution < 1.29 is 0 Å². The number of rotatable bonds is 8. The summed E-state index contributed by atoms with van der Waals surface area (Å²) in [5.74, 6) is 2.65. The van der Waals surface area contributed by atoms with Gasteiger partial charge in [-0.1, -0.05) is 70.9 Å². The number of hydrogen-bond acceptors (Lipinski definition) is 1. The molecular formula is C23H39N. The lowest BCUT2D eigenvalue weighted by Crippen LogP contribution is -2.27. The van der Waals surface area contributed by atoms with Crippen molar-refractivity contribution in [3.8, 4) is 6.07 Å². The Balaban J connectivity index is 1.72. The van der Waals surface area contributed by atoms with Gasteiger partial charge in [-0.2, -0.15) is 5.26 Å². The monoisotopic (exact) mass is 329 g/mol. The molecule has 0 atom stereocenters. The normalized spacial score (nSPS) is 34.3. The predicted molar refractivity (Wildman–Crippen MR) is 104 cm³/mol. The van der Waals surface area contributed by atoms with Gasteiger partial charge in [-0.15, -0.1) is 0 Å². The second kappa shape index (κ2) is 10.3. The Morgan fingerprint density at radius 1 is 0.917 bits per heavy atom. The molecule has 0 N–H and O–H groups in total. The molecule has 2 saturated carbocycles. The molecule has 1 heteroatoms. The lowest BCUT2D eigenvalue weighted by Gasteiger charge is -2.36. The van der Waals surface area contributed by atoms with Crippen molar-refractivity contribution in [3.05, 3.63) is 12.2 Å². The third kappa shape index (κ3) is 5.94. The van der Waals surface area contributed by atoms with E-state index in [9.17, 15) is 5.26 Å². The Labute approximate surface area is 150 Å². The molecule has 0 amide bonds. The first kappa shape index (κ1) is 19.6. The molecule has 24 heavy (non-hydrogen) atoms. The topological polar surface area (TPSA) is 23.8 Å². The minimum atomic E-state index is 0.00929. The van der Waals surface area contributed by atoms with Crippen molar-refractivity contribution in [2.45, 2.75) is 104 Å². The summed E-state index contributed by atoms with van der Waals surface area (Å²) >= 11 is 0. The van der Waals surface area contributed by atoms with Crippen molar-refractivity contribution >= 4 is 0 Å². The molecule has 0 aromatic carbocycles.